The van der Waals surface area contributed by atoms with Gasteiger partial charge < -0.3 is 14.5 Å². The summed E-state index contributed by atoms with van der Waals surface area (Å²) >= 11 is 0. The second-order valence-corrected chi connectivity index (χ2v) is 11.5. The molecule has 0 bridgehead atoms. The fourth-order valence-corrected chi connectivity index (χ4v) is 5.85. The molecule has 9 heteroatoms. The maximum absolute atomic E-state index is 13.3. The van der Waals surface area contributed by atoms with Crippen molar-refractivity contribution in [2.75, 3.05) is 48.9 Å². The van der Waals surface area contributed by atoms with Crippen LogP contribution in [0.25, 0.3) is 0 Å². The van der Waals surface area contributed by atoms with Gasteiger partial charge in [-0.15, -0.1) is 0 Å². The van der Waals surface area contributed by atoms with Gasteiger partial charge in [0.2, 0.25) is 9.84 Å². The van der Waals surface area contributed by atoms with E-state index in [1.165, 1.54) is 6.07 Å². The van der Waals surface area contributed by atoms with Crippen molar-refractivity contribution in [3.8, 4) is 0 Å². The zero-order valence-electron chi connectivity index (χ0n) is 20.8. The van der Waals surface area contributed by atoms with Crippen LogP contribution in [0.1, 0.15) is 50.9 Å². The zero-order chi connectivity index (χ0) is 24.9. The highest BCUT2D eigenvalue weighted by molar-refractivity contribution is 7.92. The first-order valence-corrected chi connectivity index (χ1v) is 13.4. The summed E-state index contributed by atoms with van der Waals surface area (Å²) < 4.78 is 31.6. The van der Waals surface area contributed by atoms with Crippen molar-refractivity contribution in [2.24, 2.45) is 5.92 Å². The van der Waals surface area contributed by atoms with E-state index < -0.39 is 21.4 Å². The maximum Gasteiger partial charge on any atom is 0.203 e. The van der Waals surface area contributed by atoms with Gasteiger partial charge in [0.15, 0.2) is 10.8 Å². The van der Waals surface area contributed by atoms with Crippen molar-refractivity contribution in [2.45, 2.75) is 51.1 Å². The van der Waals surface area contributed by atoms with Crippen LogP contribution in [0.2, 0.25) is 0 Å². The van der Waals surface area contributed by atoms with Crippen LogP contribution in [-0.2, 0) is 14.6 Å². The van der Waals surface area contributed by atoms with Gasteiger partial charge in [-0.3, -0.25) is 4.79 Å². The molecule has 3 rings (SSSR count). The Morgan fingerprint density at radius 2 is 2.00 bits per heavy atom. The Balaban J connectivity index is 1.86. The first-order valence-electron chi connectivity index (χ1n) is 11.8. The van der Waals surface area contributed by atoms with Gasteiger partial charge in [-0.05, 0) is 56.9 Å². The van der Waals surface area contributed by atoms with Gasteiger partial charge in [-0.25, -0.2) is 18.4 Å². The number of rotatable bonds is 11. The fourth-order valence-electron chi connectivity index (χ4n) is 4.68. The number of methoxy groups -OCH3 is 1. The lowest BCUT2D eigenvalue weighted by molar-refractivity contribution is 0.102. The molecule has 0 aromatic carbocycles. The molecule has 0 N–H and O–H groups in total. The third kappa shape index (κ3) is 5.93. The number of Topliss-reactive ketones (excluding diaryl/α,β-unsaturated/α-hetero) is 1. The van der Waals surface area contributed by atoms with Gasteiger partial charge in [0, 0.05) is 38.5 Å². The van der Waals surface area contributed by atoms with E-state index >= 15 is 0 Å². The van der Waals surface area contributed by atoms with E-state index in [0.717, 1.165) is 25.9 Å². The monoisotopic (exact) mass is 488 g/mol. The second kappa shape index (κ2) is 10.8. The Morgan fingerprint density at radius 1 is 1.24 bits per heavy atom. The molecule has 1 unspecified atom stereocenters. The Morgan fingerprint density at radius 3 is 2.65 bits per heavy atom. The number of carbonyl (C=O) groups is 1. The van der Waals surface area contributed by atoms with Crippen molar-refractivity contribution in [1.82, 2.24) is 9.97 Å². The molecule has 1 atom stereocenters. The molecule has 1 saturated heterocycles. The van der Waals surface area contributed by atoms with Crippen LogP contribution >= 0.6 is 0 Å². The van der Waals surface area contributed by atoms with Crippen molar-refractivity contribution in [3.63, 3.8) is 0 Å². The third-order valence-corrected chi connectivity index (χ3v) is 7.65. The van der Waals surface area contributed by atoms with Crippen LogP contribution < -0.4 is 9.80 Å². The lowest BCUT2D eigenvalue weighted by atomic mass is 9.97. The first-order chi connectivity index (χ1) is 16.1. The Labute approximate surface area is 203 Å². The molecule has 2 aromatic rings. The summed E-state index contributed by atoms with van der Waals surface area (Å²) in [4.78, 5) is 26.2. The molecule has 1 fully saturated rings. The molecular formula is C25H36N4O4S. The first kappa shape index (κ1) is 26.1. The number of anilines is 2. The van der Waals surface area contributed by atoms with E-state index in [0.29, 0.717) is 36.3 Å². The molecule has 1 aliphatic rings. The molecule has 0 amide bonds. The quantitative estimate of drug-likeness (QED) is 0.443. The maximum atomic E-state index is 13.3. The van der Waals surface area contributed by atoms with Crippen LogP contribution in [-0.4, -0.2) is 68.8 Å². The molecule has 2 aromatic heterocycles. The summed E-state index contributed by atoms with van der Waals surface area (Å²) in [5.74, 6) is 0.433. The lowest BCUT2D eigenvalue weighted by Gasteiger charge is -2.33. The van der Waals surface area contributed by atoms with E-state index in [9.17, 15) is 13.2 Å². The lowest BCUT2D eigenvalue weighted by Crippen LogP contribution is -2.40. The smallest absolute Gasteiger partial charge is 0.203 e. The summed E-state index contributed by atoms with van der Waals surface area (Å²) in [5.41, 5.74) is 0.166. The molecule has 34 heavy (non-hydrogen) atoms. The van der Waals surface area contributed by atoms with Gasteiger partial charge >= 0.3 is 0 Å². The van der Waals surface area contributed by atoms with Crippen molar-refractivity contribution >= 4 is 27.3 Å². The van der Waals surface area contributed by atoms with Crippen LogP contribution in [0, 0.1) is 5.92 Å². The van der Waals surface area contributed by atoms with Gasteiger partial charge in [-0.1, -0.05) is 19.9 Å². The standard InChI is InChI=1S/C25H36N4O4S/c1-6-13-28(14-15-33-5)22-10-7-11-23(27-22)34(31,32)18-21(30)20-9-8-12-26-24(20)29-17-19(2)16-25(29,3)4/h7-12,19H,6,13-18H2,1-5H3. The molecule has 0 spiro atoms. The van der Waals surface area contributed by atoms with Gasteiger partial charge in [0.05, 0.1) is 12.2 Å². The number of ketones is 1. The van der Waals surface area contributed by atoms with E-state index in [1.54, 1.807) is 37.6 Å². The summed E-state index contributed by atoms with van der Waals surface area (Å²) in [6.07, 6.45) is 3.51. The largest absolute Gasteiger partial charge is 0.383 e. The van der Waals surface area contributed by atoms with Crippen molar-refractivity contribution in [3.05, 3.63) is 42.1 Å². The zero-order valence-corrected chi connectivity index (χ0v) is 21.6. The number of pyridine rings is 2. The minimum Gasteiger partial charge on any atom is -0.383 e. The van der Waals surface area contributed by atoms with Crippen LogP contribution in [0.15, 0.2) is 41.6 Å². The average Bonchev–Trinajstić information content (AvgIpc) is 3.08. The van der Waals surface area contributed by atoms with Crippen LogP contribution in [0.3, 0.4) is 0 Å². The molecule has 0 saturated carbocycles. The van der Waals surface area contributed by atoms with Crippen LogP contribution in [0.5, 0.6) is 0 Å². The summed E-state index contributed by atoms with van der Waals surface area (Å²) in [6.45, 7) is 11.1. The Hall–Kier alpha value is -2.52. The van der Waals surface area contributed by atoms with E-state index in [4.69, 9.17) is 4.74 Å². The highest BCUT2D eigenvalue weighted by Crippen LogP contribution is 2.37. The number of sulfone groups is 1. The van der Waals surface area contributed by atoms with Gasteiger partial charge in [-0.2, -0.15) is 0 Å². The topological polar surface area (TPSA) is 92.7 Å². The molecule has 0 radical (unpaired) electrons. The number of carbonyl (C=O) groups excluding carboxylic acids is 1. The fraction of sp³-hybridized carbons (Fsp3) is 0.560. The van der Waals surface area contributed by atoms with Gasteiger partial charge in [0.1, 0.15) is 17.4 Å². The SMILES string of the molecule is CCCN(CCOC)c1cccc(S(=O)(=O)CC(=O)c2cccnc2N2CC(C)CC2(C)C)n1. The molecule has 3 heterocycles. The minimum absolute atomic E-state index is 0.0996. The molecular weight excluding hydrogens is 452 g/mol. The van der Waals surface area contributed by atoms with Gasteiger partial charge in [0.25, 0.3) is 0 Å². The number of aromatic nitrogens is 2. The van der Waals surface area contributed by atoms with E-state index in [-0.39, 0.29) is 10.6 Å². The highest BCUT2D eigenvalue weighted by atomic mass is 32.2. The molecule has 186 valence electrons. The predicted molar refractivity (Wildman–Crippen MR) is 134 cm³/mol. The van der Waals surface area contributed by atoms with Crippen LogP contribution in [0.4, 0.5) is 11.6 Å². The minimum atomic E-state index is -3.94. The summed E-state index contributed by atoms with van der Waals surface area (Å²) in [5, 5.41) is -0.0996. The number of hydrogen-bond donors (Lipinski definition) is 0. The second-order valence-electron chi connectivity index (χ2n) is 9.60. The third-order valence-electron chi connectivity index (χ3n) is 6.15. The number of hydrogen-bond acceptors (Lipinski definition) is 8. The average molecular weight is 489 g/mol. The van der Waals surface area contributed by atoms with E-state index in [1.807, 2.05) is 11.8 Å². The molecule has 1 aliphatic heterocycles. The van der Waals surface area contributed by atoms with Crippen molar-refractivity contribution < 1.29 is 17.9 Å². The summed E-state index contributed by atoms with van der Waals surface area (Å²) in [6, 6.07) is 8.23. The highest BCUT2D eigenvalue weighted by Gasteiger charge is 2.39. The van der Waals surface area contributed by atoms with E-state index in [2.05, 4.69) is 35.6 Å². The molecule has 0 aliphatic carbocycles. The van der Waals surface area contributed by atoms with Crippen molar-refractivity contribution in [1.29, 1.82) is 0 Å². The predicted octanol–water partition coefficient (Wildman–Crippen LogP) is 3.62. The summed E-state index contributed by atoms with van der Waals surface area (Å²) in [7, 11) is -2.32. The number of ether oxygens (including phenoxy) is 1. The number of nitrogens with zero attached hydrogens (tertiary/aromatic N) is 4. The Kier molecular flexibility index (Phi) is 8.30. The normalized spacial score (nSPS) is 17.7. The Bertz CT molecular complexity index is 1100. The molecule has 8 nitrogen and oxygen atoms in total.